The summed E-state index contributed by atoms with van der Waals surface area (Å²) in [5.41, 5.74) is 12.8. The Morgan fingerprint density at radius 2 is 1.02 bits per heavy atom. The molecule has 0 N–H and O–H groups in total. The SMILES string of the molecule is CC1(C)c2ccccc2-c2c(N(c3ccc(-c4cccc5c4oc4c6ccccc6ccc54)cc3)c3cccc4ccccc34)cccc21. The predicted octanol–water partition coefficient (Wildman–Crippen LogP) is 13.3. The molecule has 49 heavy (non-hydrogen) atoms. The Balaban J connectivity index is 1.18. The first-order valence-corrected chi connectivity index (χ1v) is 17.0. The van der Waals surface area contributed by atoms with Gasteiger partial charge in [0.15, 0.2) is 0 Å². The third kappa shape index (κ3) is 4.07. The van der Waals surface area contributed by atoms with Gasteiger partial charge in [-0.15, -0.1) is 0 Å². The van der Waals surface area contributed by atoms with E-state index in [9.17, 15) is 0 Å². The lowest BCUT2D eigenvalue weighted by Gasteiger charge is -2.30. The summed E-state index contributed by atoms with van der Waals surface area (Å²) in [5.74, 6) is 0. The van der Waals surface area contributed by atoms with E-state index >= 15 is 0 Å². The molecule has 0 amide bonds. The minimum atomic E-state index is -0.0905. The standard InChI is InChI=1S/C47H33NO/c1-47(2)40-20-8-7-17-39(40)44-41(47)21-11-23-43(44)48(42-22-9-14-30-12-3-5-15-34(30)42)33-27-24-32(25-28-33)36-18-10-19-37-38-29-26-31-13-4-6-16-35(31)46(38)49-45(36)37/h3-29H,1-2H3. The molecule has 1 heterocycles. The van der Waals surface area contributed by atoms with Crippen LogP contribution in [-0.4, -0.2) is 0 Å². The van der Waals surface area contributed by atoms with E-state index in [1.54, 1.807) is 0 Å². The van der Waals surface area contributed by atoms with E-state index in [4.69, 9.17) is 4.42 Å². The molecule has 2 nitrogen and oxygen atoms in total. The number of anilines is 3. The van der Waals surface area contributed by atoms with E-state index in [1.807, 2.05) is 0 Å². The summed E-state index contributed by atoms with van der Waals surface area (Å²) in [6.07, 6.45) is 0. The van der Waals surface area contributed by atoms with E-state index in [1.165, 1.54) is 44.1 Å². The summed E-state index contributed by atoms with van der Waals surface area (Å²) in [4.78, 5) is 2.46. The fourth-order valence-electron chi connectivity index (χ4n) is 8.28. The smallest absolute Gasteiger partial charge is 0.143 e. The second-order valence-corrected chi connectivity index (χ2v) is 13.7. The highest BCUT2D eigenvalue weighted by Gasteiger charge is 2.37. The van der Waals surface area contributed by atoms with Gasteiger partial charge >= 0.3 is 0 Å². The fraction of sp³-hybridized carbons (Fsp3) is 0.0638. The van der Waals surface area contributed by atoms with Crippen molar-refractivity contribution in [3.8, 4) is 22.3 Å². The van der Waals surface area contributed by atoms with Gasteiger partial charge in [0.1, 0.15) is 11.2 Å². The molecule has 232 valence electrons. The number of hydrogen-bond acceptors (Lipinski definition) is 2. The predicted molar refractivity (Wildman–Crippen MR) is 206 cm³/mol. The lowest BCUT2D eigenvalue weighted by atomic mass is 9.82. The van der Waals surface area contributed by atoms with Crippen molar-refractivity contribution in [2.24, 2.45) is 0 Å². The van der Waals surface area contributed by atoms with Crippen LogP contribution in [0, 0.1) is 0 Å². The number of nitrogens with zero attached hydrogens (tertiary/aromatic N) is 1. The number of benzene rings is 8. The van der Waals surface area contributed by atoms with Crippen LogP contribution in [0.4, 0.5) is 17.1 Å². The summed E-state index contributed by atoms with van der Waals surface area (Å²) in [6, 6.07) is 59.4. The van der Waals surface area contributed by atoms with Crippen LogP contribution in [0.3, 0.4) is 0 Å². The highest BCUT2D eigenvalue weighted by Crippen LogP contribution is 2.54. The lowest BCUT2D eigenvalue weighted by molar-refractivity contribution is 0.660. The molecule has 1 aliphatic rings. The van der Waals surface area contributed by atoms with Crippen molar-refractivity contribution >= 4 is 60.5 Å². The maximum absolute atomic E-state index is 6.71. The van der Waals surface area contributed by atoms with Gasteiger partial charge in [-0.25, -0.2) is 0 Å². The van der Waals surface area contributed by atoms with Gasteiger partial charge in [-0.2, -0.15) is 0 Å². The second kappa shape index (κ2) is 10.4. The average Bonchev–Trinajstić information content (AvgIpc) is 3.65. The molecular weight excluding hydrogens is 595 g/mol. The zero-order chi connectivity index (χ0) is 32.7. The van der Waals surface area contributed by atoms with Gasteiger partial charge in [0.25, 0.3) is 0 Å². The lowest BCUT2D eigenvalue weighted by Crippen LogP contribution is -2.16. The molecule has 0 spiro atoms. The van der Waals surface area contributed by atoms with Gasteiger partial charge in [0, 0.05) is 43.8 Å². The molecule has 8 aromatic carbocycles. The van der Waals surface area contributed by atoms with Crippen molar-refractivity contribution < 1.29 is 4.42 Å². The van der Waals surface area contributed by atoms with Crippen molar-refractivity contribution in [1.29, 1.82) is 0 Å². The van der Waals surface area contributed by atoms with Crippen LogP contribution >= 0.6 is 0 Å². The molecule has 1 aliphatic carbocycles. The Labute approximate surface area is 285 Å². The van der Waals surface area contributed by atoms with Crippen LogP contribution in [0.25, 0.3) is 65.7 Å². The van der Waals surface area contributed by atoms with E-state index in [-0.39, 0.29) is 5.41 Å². The largest absolute Gasteiger partial charge is 0.455 e. The van der Waals surface area contributed by atoms with E-state index in [2.05, 4.69) is 183 Å². The van der Waals surface area contributed by atoms with Crippen molar-refractivity contribution in [3.05, 3.63) is 175 Å². The minimum Gasteiger partial charge on any atom is -0.455 e. The second-order valence-electron chi connectivity index (χ2n) is 13.7. The zero-order valence-corrected chi connectivity index (χ0v) is 27.4. The Hall–Kier alpha value is -6.12. The quantitative estimate of drug-likeness (QED) is 0.193. The number of rotatable bonds is 4. The molecule has 1 aromatic heterocycles. The van der Waals surface area contributed by atoms with Crippen molar-refractivity contribution in [2.75, 3.05) is 4.90 Å². The Bertz CT molecular complexity index is 2740. The summed E-state index contributed by atoms with van der Waals surface area (Å²) in [7, 11) is 0. The Morgan fingerprint density at radius 3 is 1.88 bits per heavy atom. The van der Waals surface area contributed by atoms with Gasteiger partial charge in [0.05, 0.1) is 11.4 Å². The molecule has 10 rings (SSSR count). The van der Waals surface area contributed by atoms with Crippen LogP contribution in [0.1, 0.15) is 25.0 Å². The maximum atomic E-state index is 6.71. The van der Waals surface area contributed by atoms with E-state index in [0.717, 1.165) is 49.8 Å². The molecule has 0 radical (unpaired) electrons. The summed E-state index contributed by atoms with van der Waals surface area (Å²) < 4.78 is 6.71. The number of furan rings is 1. The van der Waals surface area contributed by atoms with Crippen molar-refractivity contribution in [2.45, 2.75) is 19.3 Å². The molecule has 0 bridgehead atoms. The highest BCUT2D eigenvalue weighted by molar-refractivity contribution is 6.17. The van der Waals surface area contributed by atoms with E-state index in [0.29, 0.717) is 0 Å². The monoisotopic (exact) mass is 627 g/mol. The molecule has 0 atom stereocenters. The first-order valence-electron chi connectivity index (χ1n) is 17.0. The van der Waals surface area contributed by atoms with E-state index < -0.39 is 0 Å². The normalized spacial score (nSPS) is 13.3. The van der Waals surface area contributed by atoms with Crippen LogP contribution < -0.4 is 4.90 Å². The van der Waals surface area contributed by atoms with Crippen LogP contribution in [0.5, 0.6) is 0 Å². The summed E-state index contributed by atoms with van der Waals surface area (Å²) in [5, 5.41) is 7.06. The average molecular weight is 628 g/mol. The van der Waals surface area contributed by atoms with Crippen LogP contribution in [0.15, 0.2) is 168 Å². The van der Waals surface area contributed by atoms with Gasteiger partial charge in [-0.05, 0) is 63.4 Å². The first-order chi connectivity index (χ1) is 24.1. The molecule has 9 aromatic rings. The first kappa shape index (κ1) is 27.9. The molecular formula is C47H33NO. The molecule has 0 aliphatic heterocycles. The fourth-order valence-corrected chi connectivity index (χ4v) is 8.28. The third-order valence-corrected chi connectivity index (χ3v) is 10.7. The zero-order valence-electron chi connectivity index (χ0n) is 27.4. The summed E-state index contributed by atoms with van der Waals surface area (Å²) in [6.45, 7) is 4.69. The van der Waals surface area contributed by atoms with Crippen molar-refractivity contribution in [1.82, 2.24) is 0 Å². The number of para-hydroxylation sites is 1. The number of hydrogen-bond donors (Lipinski definition) is 0. The molecule has 0 saturated carbocycles. The van der Waals surface area contributed by atoms with Gasteiger partial charge in [-0.3, -0.25) is 0 Å². The summed E-state index contributed by atoms with van der Waals surface area (Å²) >= 11 is 0. The molecule has 0 fully saturated rings. The third-order valence-electron chi connectivity index (χ3n) is 10.7. The van der Waals surface area contributed by atoms with Gasteiger partial charge in [-0.1, -0.05) is 147 Å². The minimum absolute atomic E-state index is 0.0905. The topological polar surface area (TPSA) is 16.4 Å². The Morgan fingerprint density at radius 1 is 0.429 bits per heavy atom. The van der Waals surface area contributed by atoms with Gasteiger partial charge < -0.3 is 9.32 Å². The molecule has 0 unspecified atom stereocenters. The van der Waals surface area contributed by atoms with Crippen LogP contribution in [-0.2, 0) is 5.41 Å². The molecule has 2 heteroatoms. The highest BCUT2D eigenvalue weighted by atomic mass is 16.3. The maximum Gasteiger partial charge on any atom is 0.143 e. The Kier molecular flexibility index (Phi) is 5.95. The number of fused-ring (bicyclic) bond motifs is 9. The molecule has 0 saturated heterocycles. The van der Waals surface area contributed by atoms with Gasteiger partial charge in [0.2, 0.25) is 0 Å². The van der Waals surface area contributed by atoms with Crippen molar-refractivity contribution in [3.63, 3.8) is 0 Å². The van der Waals surface area contributed by atoms with Crippen LogP contribution in [0.2, 0.25) is 0 Å².